The summed E-state index contributed by atoms with van der Waals surface area (Å²) in [5, 5.41) is 14.2. The molecule has 0 radical (unpaired) electrons. The van der Waals surface area contributed by atoms with E-state index in [0.717, 1.165) is 11.1 Å². The summed E-state index contributed by atoms with van der Waals surface area (Å²) in [5.41, 5.74) is 9.94. The van der Waals surface area contributed by atoms with E-state index in [1.807, 2.05) is 30.0 Å². The van der Waals surface area contributed by atoms with E-state index in [0.29, 0.717) is 71.4 Å². The molecule has 9 nitrogen and oxygen atoms in total. The number of nitrogens with zero attached hydrogens (tertiary/aromatic N) is 5. The molecule has 1 unspecified atom stereocenters. The summed E-state index contributed by atoms with van der Waals surface area (Å²) in [4.78, 5) is 24.4. The molecule has 11 heteroatoms. The number of amides is 1. The molecule has 3 N–H and O–H groups in total. The van der Waals surface area contributed by atoms with Gasteiger partial charge >= 0.3 is 6.09 Å². The molecule has 1 aliphatic rings. The zero-order chi connectivity index (χ0) is 26.5. The average molecular weight is 540 g/mol. The van der Waals surface area contributed by atoms with Crippen LogP contribution in [0.4, 0.5) is 27.8 Å². The molecule has 1 atom stereocenters. The molecule has 1 saturated heterocycles. The van der Waals surface area contributed by atoms with Crippen molar-refractivity contribution >= 4 is 52.3 Å². The summed E-state index contributed by atoms with van der Waals surface area (Å²) in [6.45, 7) is 6.21. The van der Waals surface area contributed by atoms with Crippen LogP contribution in [0.5, 0.6) is 0 Å². The summed E-state index contributed by atoms with van der Waals surface area (Å²) in [6, 6.07) is 13.1. The zero-order valence-corrected chi connectivity index (χ0v) is 22.1. The number of rotatable bonds is 6. The van der Waals surface area contributed by atoms with Crippen LogP contribution < -0.4 is 16.0 Å². The van der Waals surface area contributed by atoms with Crippen molar-refractivity contribution in [2.75, 3.05) is 48.7 Å². The lowest BCUT2D eigenvalue weighted by atomic mass is 9.91. The highest BCUT2D eigenvalue weighted by Gasteiger charge is 2.25. The largest absolute Gasteiger partial charge is 0.450 e. The Hall–Kier alpha value is -3.74. The second-order valence-electron chi connectivity index (χ2n) is 8.56. The molecule has 0 saturated carbocycles. The summed E-state index contributed by atoms with van der Waals surface area (Å²) < 4.78 is 5.09. The molecule has 0 bridgehead atoms. The molecule has 1 amide bonds. The lowest BCUT2D eigenvalue weighted by Gasteiger charge is -2.35. The number of carbonyl (C=O) groups excluding carboxylic acids is 1. The maximum atomic E-state index is 12.0. The molecule has 37 heavy (non-hydrogen) atoms. The van der Waals surface area contributed by atoms with E-state index < -0.39 is 5.92 Å². The Morgan fingerprint density at radius 3 is 2.54 bits per heavy atom. The Balaban J connectivity index is 1.53. The van der Waals surface area contributed by atoms with Gasteiger partial charge in [-0.15, -0.1) is 0 Å². The van der Waals surface area contributed by atoms with Crippen molar-refractivity contribution in [1.82, 2.24) is 14.9 Å². The second kappa shape index (κ2) is 11.5. The highest BCUT2D eigenvalue weighted by molar-refractivity contribution is 6.32. The summed E-state index contributed by atoms with van der Waals surface area (Å²) >= 11 is 12.6. The minimum absolute atomic E-state index is 0.314. The number of hydrogen-bond donors (Lipinski definition) is 2. The van der Waals surface area contributed by atoms with E-state index in [-0.39, 0.29) is 6.09 Å². The lowest BCUT2D eigenvalue weighted by molar-refractivity contribution is 0.105. The Morgan fingerprint density at radius 2 is 1.89 bits per heavy atom. The maximum absolute atomic E-state index is 12.0. The van der Waals surface area contributed by atoms with Gasteiger partial charge in [-0.25, -0.2) is 14.8 Å². The monoisotopic (exact) mass is 539 g/mol. The Morgan fingerprint density at radius 1 is 1.19 bits per heavy atom. The van der Waals surface area contributed by atoms with Crippen LogP contribution in [-0.4, -0.2) is 53.7 Å². The molecule has 1 aliphatic heterocycles. The van der Waals surface area contributed by atoms with Gasteiger partial charge in [0.1, 0.15) is 12.0 Å². The van der Waals surface area contributed by atoms with Crippen molar-refractivity contribution in [3.63, 3.8) is 0 Å². The molecule has 0 spiro atoms. The second-order valence-corrected chi connectivity index (χ2v) is 9.40. The molecule has 3 aromatic rings. The van der Waals surface area contributed by atoms with E-state index in [9.17, 15) is 10.1 Å². The number of benzene rings is 2. The predicted octanol–water partition coefficient (Wildman–Crippen LogP) is 5.35. The van der Waals surface area contributed by atoms with Gasteiger partial charge in [-0.3, -0.25) is 0 Å². The van der Waals surface area contributed by atoms with Crippen LogP contribution in [0.15, 0.2) is 42.7 Å². The molecule has 1 aromatic heterocycles. The number of aromatic nitrogens is 2. The van der Waals surface area contributed by atoms with Crippen LogP contribution in [-0.2, 0) is 4.74 Å². The van der Waals surface area contributed by atoms with Crippen molar-refractivity contribution in [3.8, 4) is 6.07 Å². The highest BCUT2D eigenvalue weighted by Crippen LogP contribution is 2.36. The Kier molecular flexibility index (Phi) is 8.21. The maximum Gasteiger partial charge on any atom is 0.409 e. The smallest absolute Gasteiger partial charge is 0.409 e. The van der Waals surface area contributed by atoms with Crippen molar-refractivity contribution in [3.05, 3.63) is 69.5 Å². The quantitative estimate of drug-likeness (QED) is 0.429. The van der Waals surface area contributed by atoms with Crippen molar-refractivity contribution in [1.29, 1.82) is 5.26 Å². The number of nitrogen functional groups attached to an aromatic ring is 1. The predicted molar refractivity (Wildman–Crippen MR) is 146 cm³/mol. The summed E-state index contributed by atoms with van der Waals surface area (Å²) in [5.74, 6) is 0.495. The number of nitrogens with two attached hydrogens (primary N) is 1. The molecule has 1 fully saturated rings. The third kappa shape index (κ3) is 5.82. The third-order valence-corrected chi connectivity index (χ3v) is 6.79. The van der Waals surface area contributed by atoms with Gasteiger partial charge in [0.05, 0.1) is 18.6 Å². The molecule has 2 heterocycles. The minimum Gasteiger partial charge on any atom is -0.450 e. The molecule has 2 aromatic carbocycles. The van der Waals surface area contributed by atoms with Crippen molar-refractivity contribution in [2.45, 2.75) is 19.8 Å². The van der Waals surface area contributed by atoms with Crippen LogP contribution in [0.3, 0.4) is 0 Å². The van der Waals surface area contributed by atoms with Gasteiger partial charge in [0.25, 0.3) is 0 Å². The van der Waals surface area contributed by atoms with Crippen molar-refractivity contribution < 1.29 is 9.53 Å². The standard InChI is InChI=1S/C26H27Cl2N7O2/c1-3-37-26(36)35-10-8-34(9-11-35)25-23(30)24(31-15-32-25)33-22-13-21(28)19(12-16(22)2)20(14-29)17-4-6-18(27)7-5-17/h4-7,12-13,15,20H,3,8-11,30H2,1-2H3,(H,31,32,33). The van der Waals surface area contributed by atoms with Crippen LogP contribution in [0.2, 0.25) is 10.0 Å². The summed E-state index contributed by atoms with van der Waals surface area (Å²) in [7, 11) is 0. The number of piperazine rings is 1. The normalized spacial score (nSPS) is 14.1. The first-order valence-electron chi connectivity index (χ1n) is 11.8. The van der Waals surface area contributed by atoms with E-state index >= 15 is 0 Å². The number of anilines is 4. The van der Waals surface area contributed by atoms with Gasteiger partial charge in [-0.1, -0.05) is 41.4 Å². The van der Waals surface area contributed by atoms with Gasteiger partial charge in [-0.2, -0.15) is 5.26 Å². The number of nitrogens with one attached hydrogen (secondary N) is 1. The molecular weight excluding hydrogens is 513 g/mol. The molecular formula is C26H27Cl2N7O2. The van der Waals surface area contributed by atoms with E-state index in [1.54, 1.807) is 30.0 Å². The van der Waals surface area contributed by atoms with Crippen LogP contribution in [0.25, 0.3) is 0 Å². The fourth-order valence-electron chi connectivity index (χ4n) is 4.22. The van der Waals surface area contributed by atoms with E-state index in [1.165, 1.54) is 6.33 Å². The number of ether oxygens (including phenoxy) is 1. The van der Waals surface area contributed by atoms with Crippen molar-refractivity contribution in [2.24, 2.45) is 0 Å². The molecule has 192 valence electrons. The van der Waals surface area contributed by atoms with Crippen LogP contribution in [0.1, 0.15) is 29.5 Å². The number of hydrogen-bond acceptors (Lipinski definition) is 8. The van der Waals surface area contributed by atoms with Crippen LogP contribution >= 0.6 is 23.2 Å². The number of aryl methyl sites for hydroxylation is 1. The first-order valence-corrected chi connectivity index (χ1v) is 12.6. The topological polar surface area (TPSA) is 120 Å². The third-order valence-electron chi connectivity index (χ3n) is 6.21. The number of nitriles is 1. The molecule has 0 aliphatic carbocycles. The minimum atomic E-state index is -0.540. The SMILES string of the molecule is CCOC(=O)N1CCN(c2ncnc(Nc3cc(Cl)c(C(C#N)c4ccc(Cl)cc4)cc3C)c2N)CC1. The highest BCUT2D eigenvalue weighted by atomic mass is 35.5. The first-order chi connectivity index (χ1) is 17.8. The summed E-state index contributed by atoms with van der Waals surface area (Å²) in [6.07, 6.45) is 1.13. The Labute approximate surface area is 225 Å². The first kappa shape index (κ1) is 26.3. The van der Waals surface area contributed by atoms with Gasteiger partial charge in [0.15, 0.2) is 11.6 Å². The van der Waals surface area contributed by atoms with E-state index in [2.05, 4.69) is 21.4 Å². The fraction of sp³-hybridized carbons (Fsp3) is 0.308. The van der Waals surface area contributed by atoms with Gasteiger partial charge in [0.2, 0.25) is 0 Å². The lowest BCUT2D eigenvalue weighted by Crippen LogP contribution is -2.49. The number of halogens is 2. The number of carbonyl (C=O) groups is 1. The average Bonchev–Trinajstić information content (AvgIpc) is 2.89. The zero-order valence-electron chi connectivity index (χ0n) is 20.5. The van der Waals surface area contributed by atoms with Crippen LogP contribution in [0, 0.1) is 18.3 Å². The fourth-order valence-corrected chi connectivity index (χ4v) is 4.62. The van der Waals surface area contributed by atoms with Gasteiger partial charge in [0, 0.05) is 41.9 Å². The molecule has 4 rings (SSSR count). The van der Waals surface area contributed by atoms with Gasteiger partial charge < -0.3 is 25.6 Å². The Bertz CT molecular complexity index is 1320. The van der Waals surface area contributed by atoms with Gasteiger partial charge in [-0.05, 0) is 48.7 Å². The van der Waals surface area contributed by atoms with E-state index in [4.69, 9.17) is 33.7 Å².